The van der Waals surface area contributed by atoms with Gasteiger partial charge in [-0.2, -0.15) is 0 Å². The van der Waals surface area contributed by atoms with Gasteiger partial charge in [-0.25, -0.2) is 4.39 Å². The van der Waals surface area contributed by atoms with E-state index in [0.29, 0.717) is 37.8 Å². The average Bonchev–Trinajstić information content (AvgIpc) is 3.07. The molecule has 2 N–H and O–H groups in total. The second-order valence-electron chi connectivity index (χ2n) is 6.70. The summed E-state index contributed by atoms with van der Waals surface area (Å²) in [4.78, 5) is 27.4. The minimum absolute atomic E-state index is 0. The minimum atomic E-state index is -0.377. The zero-order valence-electron chi connectivity index (χ0n) is 17.2. The second-order valence-corrected chi connectivity index (χ2v) is 8.13. The summed E-state index contributed by atoms with van der Waals surface area (Å²) in [5.74, 6) is -0.911. The van der Waals surface area contributed by atoms with Crippen LogP contribution in [0.1, 0.15) is 33.9 Å². The molecule has 0 radical (unpaired) electrons. The number of halogens is 3. The summed E-state index contributed by atoms with van der Waals surface area (Å²) in [6.07, 6.45) is 0. The van der Waals surface area contributed by atoms with Crippen molar-refractivity contribution >= 4 is 62.9 Å². The van der Waals surface area contributed by atoms with Crippen LogP contribution in [0.4, 0.5) is 10.1 Å². The van der Waals surface area contributed by atoms with Crippen LogP contribution in [0.5, 0.6) is 0 Å². The zero-order chi connectivity index (χ0) is 21.7. The molecule has 0 saturated heterocycles. The highest BCUT2D eigenvalue weighted by Gasteiger charge is 2.18. The van der Waals surface area contributed by atoms with E-state index in [1.807, 2.05) is 0 Å². The van der Waals surface area contributed by atoms with Gasteiger partial charge in [-0.05, 0) is 55.6 Å². The summed E-state index contributed by atoms with van der Waals surface area (Å²) < 4.78 is 14.0. The quantitative estimate of drug-likeness (QED) is 0.448. The number of benzene rings is 2. The number of carbonyl (C=O) groups excluding carboxylic acids is 2. The van der Waals surface area contributed by atoms with Crippen LogP contribution < -0.4 is 10.6 Å². The molecular weight excluding hydrogens is 460 g/mol. The highest BCUT2D eigenvalue weighted by Crippen LogP contribution is 2.36. The number of carbonyl (C=O) groups is 2. The Morgan fingerprint density at radius 2 is 1.74 bits per heavy atom. The Kier molecular flexibility index (Phi) is 9.25. The number of rotatable bonds is 8. The van der Waals surface area contributed by atoms with Crippen molar-refractivity contribution in [3.8, 4) is 0 Å². The molecule has 3 aromatic rings. The highest BCUT2D eigenvalue weighted by molar-refractivity contribution is 7.21. The Bertz CT molecular complexity index is 1050. The molecule has 2 amide bonds. The van der Waals surface area contributed by atoms with E-state index in [0.717, 1.165) is 31.0 Å². The molecule has 3 rings (SSSR count). The van der Waals surface area contributed by atoms with Gasteiger partial charge in [0.05, 0.1) is 5.02 Å². The van der Waals surface area contributed by atoms with E-state index in [4.69, 9.17) is 11.6 Å². The first kappa shape index (κ1) is 25.1. The van der Waals surface area contributed by atoms with Crippen molar-refractivity contribution in [3.63, 3.8) is 0 Å². The summed E-state index contributed by atoms with van der Waals surface area (Å²) in [6, 6.07) is 10.9. The van der Waals surface area contributed by atoms with Gasteiger partial charge in [0, 0.05) is 34.4 Å². The summed E-state index contributed by atoms with van der Waals surface area (Å²) >= 11 is 7.44. The molecule has 0 aliphatic heterocycles. The molecule has 0 spiro atoms. The lowest BCUT2D eigenvalue weighted by Gasteiger charge is -2.17. The lowest BCUT2D eigenvalue weighted by molar-refractivity contribution is 0.0948. The van der Waals surface area contributed by atoms with Crippen LogP contribution in [0, 0.1) is 5.82 Å². The van der Waals surface area contributed by atoms with Crippen molar-refractivity contribution in [2.75, 3.05) is 31.5 Å². The fraction of sp³-hybridized carbons (Fsp3) is 0.273. The van der Waals surface area contributed by atoms with Crippen molar-refractivity contribution < 1.29 is 14.0 Å². The van der Waals surface area contributed by atoms with Crippen molar-refractivity contribution in [3.05, 3.63) is 63.7 Å². The van der Waals surface area contributed by atoms with E-state index in [1.165, 1.54) is 12.1 Å². The molecule has 0 aliphatic rings. The van der Waals surface area contributed by atoms with Crippen LogP contribution in [-0.2, 0) is 0 Å². The fourth-order valence-electron chi connectivity index (χ4n) is 3.05. The molecule has 31 heavy (non-hydrogen) atoms. The topological polar surface area (TPSA) is 61.4 Å². The third kappa shape index (κ3) is 6.17. The minimum Gasteiger partial charge on any atom is -0.351 e. The van der Waals surface area contributed by atoms with Gasteiger partial charge in [0.1, 0.15) is 10.7 Å². The predicted octanol–water partition coefficient (Wildman–Crippen LogP) is 5.44. The third-order valence-corrected chi connectivity index (χ3v) is 6.47. The van der Waals surface area contributed by atoms with Crippen LogP contribution in [0.25, 0.3) is 10.1 Å². The number of amides is 2. The van der Waals surface area contributed by atoms with Crippen LogP contribution in [0.2, 0.25) is 5.02 Å². The fourth-order valence-corrected chi connectivity index (χ4v) is 4.48. The van der Waals surface area contributed by atoms with Gasteiger partial charge in [-0.1, -0.05) is 25.4 Å². The van der Waals surface area contributed by atoms with Gasteiger partial charge in [0.15, 0.2) is 0 Å². The lowest BCUT2D eigenvalue weighted by atomic mass is 10.2. The molecule has 0 unspecified atom stereocenters. The van der Waals surface area contributed by atoms with Gasteiger partial charge in [0.25, 0.3) is 11.8 Å². The van der Waals surface area contributed by atoms with Crippen LogP contribution in [0.3, 0.4) is 0 Å². The van der Waals surface area contributed by atoms with Crippen LogP contribution >= 0.6 is 35.3 Å². The largest absolute Gasteiger partial charge is 0.351 e. The van der Waals surface area contributed by atoms with Crippen molar-refractivity contribution in [2.24, 2.45) is 0 Å². The molecule has 166 valence electrons. The van der Waals surface area contributed by atoms with Crippen molar-refractivity contribution in [1.29, 1.82) is 0 Å². The lowest BCUT2D eigenvalue weighted by Crippen LogP contribution is -2.34. The molecule has 0 bridgehead atoms. The maximum absolute atomic E-state index is 13.4. The van der Waals surface area contributed by atoms with E-state index in [-0.39, 0.29) is 30.0 Å². The Morgan fingerprint density at radius 1 is 1.06 bits per heavy atom. The van der Waals surface area contributed by atoms with E-state index in [9.17, 15) is 14.0 Å². The van der Waals surface area contributed by atoms with E-state index in [2.05, 4.69) is 29.4 Å². The zero-order valence-corrected chi connectivity index (χ0v) is 19.6. The van der Waals surface area contributed by atoms with Crippen molar-refractivity contribution in [2.45, 2.75) is 13.8 Å². The number of thiophene rings is 1. The Labute approximate surface area is 196 Å². The van der Waals surface area contributed by atoms with Crippen LogP contribution in [0.15, 0.2) is 42.5 Å². The van der Waals surface area contributed by atoms with Gasteiger partial charge >= 0.3 is 0 Å². The van der Waals surface area contributed by atoms with E-state index in [1.54, 1.807) is 30.3 Å². The van der Waals surface area contributed by atoms with Crippen molar-refractivity contribution in [1.82, 2.24) is 10.2 Å². The smallest absolute Gasteiger partial charge is 0.267 e. The maximum Gasteiger partial charge on any atom is 0.267 e. The molecule has 0 atom stereocenters. The summed E-state index contributed by atoms with van der Waals surface area (Å²) in [7, 11) is 0. The van der Waals surface area contributed by atoms with E-state index < -0.39 is 0 Å². The Morgan fingerprint density at radius 3 is 2.39 bits per heavy atom. The molecule has 1 heterocycles. The van der Waals surface area contributed by atoms with E-state index >= 15 is 0 Å². The second kappa shape index (κ2) is 11.4. The predicted molar refractivity (Wildman–Crippen MR) is 129 cm³/mol. The molecule has 0 aliphatic carbocycles. The number of nitrogens with one attached hydrogen (secondary N) is 2. The molecule has 2 aromatic carbocycles. The molecule has 0 fully saturated rings. The number of hydrogen-bond acceptors (Lipinski definition) is 4. The molecule has 1 aromatic heterocycles. The maximum atomic E-state index is 13.4. The standard InChI is InChI=1S/C22H23ClFN3O2S.ClH/c1-3-27(4-2)12-11-25-21(28)14-5-8-16(9-6-14)26-22(29)20-19(23)17-10-7-15(24)13-18(17)30-20;/h5-10,13H,3-4,11-12H2,1-2H3,(H,25,28)(H,26,29);1H. The first-order valence-corrected chi connectivity index (χ1v) is 10.9. The molecule has 5 nitrogen and oxygen atoms in total. The summed E-state index contributed by atoms with van der Waals surface area (Å²) in [5, 5.41) is 6.61. The number of hydrogen-bond donors (Lipinski definition) is 2. The summed E-state index contributed by atoms with van der Waals surface area (Å²) in [6.45, 7) is 7.43. The Hall–Kier alpha value is -2.19. The molecular formula is C22H24Cl2FN3O2S. The monoisotopic (exact) mass is 483 g/mol. The van der Waals surface area contributed by atoms with Gasteiger partial charge in [-0.15, -0.1) is 23.7 Å². The van der Waals surface area contributed by atoms with Gasteiger partial charge in [-0.3, -0.25) is 9.59 Å². The number of fused-ring (bicyclic) bond motifs is 1. The Balaban J connectivity index is 0.00000341. The SMILES string of the molecule is CCN(CC)CCNC(=O)c1ccc(NC(=O)c2sc3cc(F)ccc3c2Cl)cc1.Cl. The van der Waals surface area contributed by atoms with Crippen LogP contribution in [-0.4, -0.2) is 42.9 Å². The number of nitrogens with zero attached hydrogens (tertiary/aromatic N) is 1. The summed E-state index contributed by atoms with van der Waals surface area (Å²) in [5.41, 5.74) is 1.06. The van der Waals surface area contributed by atoms with Gasteiger partial charge < -0.3 is 15.5 Å². The third-order valence-electron chi connectivity index (χ3n) is 4.81. The normalized spacial score (nSPS) is 10.7. The highest BCUT2D eigenvalue weighted by atomic mass is 35.5. The first-order valence-electron chi connectivity index (χ1n) is 9.72. The number of anilines is 1. The molecule has 9 heteroatoms. The molecule has 0 saturated carbocycles. The number of likely N-dealkylation sites (N-methyl/N-ethyl adjacent to an activating group) is 1. The first-order chi connectivity index (χ1) is 14.4. The average molecular weight is 484 g/mol. The van der Waals surface area contributed by atoms with Gasteiger partial charge in [0.2, 0.25) is 0 Å².